The van der Waals surface area contributed by atoms with Gasteiger partial charge in [0.25, 0.3) is 0 Å². The predicted molar refractivity (Wildman–Crippen MR) is 37.2 cm³/mol. The van der Waals surface area contributed by atoms with Gasteiger partial charge in [0.2, 0.25) is 0 Å². The van der Waals surface area contributed by atoms with Gasteiger partial charge in [-0.2, -0.15) is 0 Å². The second kappa shape index (κ2) is 3.37. The highest BCUT2D eigenvalue weighted by Gasteiger charge is 2.15. The Balaban J connectivity index is 4.03. The van der Waals surface area contributed by atoms with Crippen LogP contribution < -0.4 is 5.73 Å². The summed E-state index contributed by atoms with van der Waals surface area (Å²) in [5.41, 5.74) is 5.20. The first-order valence-electron chi connectivity index (χ1n) is 3.13. The van der Waals surface area contributed by atoms with E-state index in [0.717, 1.165) is 12.8 Å². The smallest absolute Gasteiger partial charge is 0.109 e. The molecule has 2 heteroatoms. The molecule has 0 heterocycles. The van der Waals surface area contributed by atoms with E-state index in [1.807, 2.05) is 20.0 Å². The quantitative estimate of drug-likeness (QED) is 0.540. The summed E-state index contributed by atoms with van der Waals surface area (Å²) in [7, 11) is 0. The largest absolute Gasteiger partial charge is 0.462 e. The topological polar surface area (TPSA) is 46.2 Å². The third kappa shape index (κ3) is 2.39. The second-order valence-corrected chi connectivity index (χ2v) is 2.10. The van der Waals surface area contributed by atoms with Crippen LogP contribution in [0.15, 0.2) is 0 Å². The van der Waals surface area contributed by atoms with E-state index < -0.39 is 5.54 Å². The number of rotatable bonds is 2. The molecule has 0 saturated carbocycles. The van der Waals surface area contributed by atoms with E-state index in [2.05, 4.69) is 5.92 Å². The highest BCUT2D eigenvalue weighted by atomic mass is 16.2. The molecule has 0 atom stereocenters. The number of hydrogen-bond acceptors (Lipinski definition) is 2. The Kier molecular flexibility index (Phi) is 3.11. The van der Waals surface area contributed by atoms with E-state index in [1.165, 1.54) is 0 Å². The molecule has 0 aliphatic rings. The fraction of sp³-hybridized carbons (Fsp3) is 0.714. The fourth-order valence-corrected chi connectivity index (χ4v) is 0.538. The van der Waals surface area contributed by atoms with Crippen LogP contribution in [0.5, 0.6) is 0 Å². The molecular weight excluding hydrogens is 114 g/mol. The highest BCUT2D eigenvalue weighted by Crippen LogP contribution is 2.08. The number of aliphatic hydroxyl groups is 1. The average molecular weight is 127 g/mol. The molecule has 0 unspecified atom stereocenters. The van der Waals surface area contributed by atoms with E-state index in [-0.39, 0.29) is 0 Å². The van der Waals surface area contributed by atoms with Crippen molar-refractivity contribution in [1.29, 1.82) is 0 Å². The summed E-state index contributed by atoms with van der Waals surface area (Å²) in [6.07, 6.45) is 3.38. The minimum absolute atomic E-state index is 0.477. The van der Waals surface area contributed by atoms with Crippen molar-refractivity contribution in [2.75, 3.05) is 0 Å². The first-order chi connectivity index (χ1) is 4.18. The molecule has 0 aromatic heterocycles. The number of aliphatic hydroxyl groups excluding tert-OH is 1. The summed E-state index contributed by atoms with van der Waals surface area (Å²) >= 11 is 0. The fourth-order valence-electron chi connectivity index (χ4n) is 0.538. The van der Waals surface area contributed by atoms with Crippen LogP contribution in [0.25, 0.3) is 0 Å². The van der Waals surface area contributed by atoms with Crippen molar-refractivity contribution in [3.63, 3.8) is 0 Å². The zero-order valence-corrected chi connectivity index (χ0v) is 5.94. The van der Waals surface area contributed by atoms with Gasteiger partial charge in [0.15, 0.2) is 0 Å². The van der Waals surface area contributed by atoms with Crippen LogP contribution in [0.2, 0.25) is 0 Å². The molecule has 0 rings (SSSR count). The monoisotopic (exact) mass is 127 g/mol. The molecule has 2 nitrogen and oxygen atoms in total. The van der Waals surface area contributed by atoms with Gasteiger partial charge < -0.3 is 10.8 Å². The van der Waals surface area contributed by atoms with Gasteiger partial charge >= 0.3 is 0 Å². The van der Waals surface area contributed by atoms with E-state index in [1.54, 1.807) is 0 Å². The molecule has 0 aliphatic heterocycles. The average Bonchev–Trinajstić information content (AvgIpc) is 1.89. The first-order valence-corrected chi connectivity index (χ1v) is 3.13. The second-order valence-electron chi connectivity index (χ2n) is 2.10. The van der Waals surface area contributed by atoms with Crippen LogP contribution in [-0.2, 0) is 0 Å². The van der Waals surface area contributed by atoms with Gasteiger partial charge in [0.1, 0.15) is 6.11 Å². The van der Waals surface area contributed by atoms with E-state index in [4.69, 9.17) is 10.8 Å². The Hall–Kier alpha value is -0.680. The van der Waals surface area contributed by atoms with Crippen LogP contribution >= 0.6 is 0 Å². The molecule has 0 aromatic carbocycles. The Morgan fingerprint density at radius 3 is 2.00 bits per heavy atom. The van der Waals surface area contributed by atoms with Crippen molar-refractivity contribution in [1.82, 2.24) is 0 Å². The summed E-state index contributed by atoms with van der Waals surface area (Å²) in [6.45, 7) is 3.90. The van der Waals surface area contributed by atoms with E-state index >= 15 is 0 Å². The lowest BCUT2D eigenvalue weighted by molar-refractivity contribution is 0.485. The Bertz CT molecular complexity index is 128. The molecule has 0 aliphatic carbocycles. The highest BCUT2D eigenvalue weighted by molar-refractivity contribution is 5.11. The van der Waals surface area contributed by atoms with Crippen LogP contribution in [0.1, 0.15) is 26.7 Å². The maximum Gasteiger partial charge on any atom is 0.109 e. The first kappa shape index (κ1) is 8.32. The maximum absolute atomic E-state index is 8.22. The minimum atomic E-state index is -0.477. The van der Waals surface area contributed by atoms with Crippen molar-refractivity contribution >= 4 is 0 Å². The summed E-state index contributed by atoms with van der Waals surface area (Å²) < 4.78 is 0. The maximum atomic E-state index is 8.22. The van der Waals surface area contributed by atoms with Crippen molar-refractivity contribution in [3.05, 3.63) is 0 Å². The molecule has 0 amide bonds. The number of nitrogens with two attached hydrogens (primary N) is 1. The summed E-state index contributed by atoms with van der Waals surface area (Å²) in [5, 5.41) is 8.22. The standard InChI is InChI=1S/C7H13NO/c1-3-7(8,4-2)5-6-9/h9H,3-4,8H2,1-2H3. The van der Waals surface area contributed by atoms with Crippen LogP contribution in [0.3, 0.4) is 0 Å². The van der Waals surface area contributed by atoms with Gasteiger partial charge in [-0.1, -0.05) is 13.8 Å². The molecule has 0 aromatic rings. The van der Waals surface area contributed by atoms with Gasteiger partial charge in [-0.25, -0.2) is 0 Å². The molecule has 0 spiro atoms. The summed E-state index contributed by atoms with van der Waals surface area (Å²) in [4.78, 5) is 0. The zero-order chi connectivity index (χ0) is 7.33. The SMILES string of the molecule is CCC(N)(C#CO)CC. The third-order valence-corrected chi connectivity index (χ3v) is 1.57. The zero-order valence-electron chi connectivity index (χ0n) is 5.94. The molecule has 52 valence electrons. The minimum Gasteiger partial charge on any atom is -0.462 e. The molecular formula is C7H13NO. The molecule has 9 heavy (non-hydrogen) atoms. The van der Waals surface area contributed by atoms with Crippen LogP contribution in [-0.4, -0.2) is 10.6 Å². The van der Waals surface area contributed by atoms with Gasteiger partial charge in [0.05, 0.1) is 5.54 Å². The molecule has 0 saturated heterocycles. The van der Waals surface area contributed by atoms with Gasteiger partial charge in [-0.3, -0.25) is 0 Å². The van der Waals surface area contributed by atoms with E-state index in [0.29, 0.717) is 0 Å². The van der Waals surface area contributed by atoms with Gasteiger partial charge in [-0.15, -0.1) is 0 Å². The van der Waals surface area contributed by atoms with Gasteiger partial charge in [-0.05, 0) is 18.8 Å². The lowest BCUT2D eigenvalue weighted by Gasteiger charge is -2.17. The summed E-state index contributed by atoms with van der Waals surface area (Å²) in [6, 6.07) is 0. The summed E-state index contributed by atoms with van der Waals surface area (Å²) in [5.74, 6) is 2.54. The third-order valence-electron chi connectivity index (χ3n) is 1.57. The Morgan fingerprint density at radius 2 is 1.89 bits per heavy atom. The van der Waals surface area contributed by atoms with Crippen molar-refractivity contribution in [2.45, 2.75) is 32.2 Å². The number of hydrogen-bond donors (Lipinski definition) is 2. The lowest BCUT2D eigenvalue weighted by Crippen LogP contribution is -2.36. The molecule has 0 radical (unpaired) electrons. The Labute approximate surface area is 56.1 Å². The van der Waals surface area contributed by atoms with Gasteiger partial charge in [0, 0.05) is 0 Å². The van der Waals surface area contributed by atoms with Crippen LogP contribution in [0.4, 0.5) is 0 Å². The molecule has 0 bridgehead atoms. The van der Waals surface area contributed by atoms with Crippen molar-refractivity contribution < 1.29 is 5.11 Å². The van der Waals surface area contributed by atoms with Crippen molar-refractivity contribution in [3.8, 4) is 12.0 Å². The predicted octanol–water partition coefficient (Wildman–Crippen LogP) is 0.837. The normalized spacial score (nSPS) is 10.1. The lowest BCUT2D eigenvalue weighted by atomic mass is 9.96. The van der Waals surface area contributed by atoms with E-state index in [9.17, 15) is 0 Å². The molecule has 3 N–H and O–H groups in total. The molecule has 0 fully saturated rings. The van der Waals surface area contributed by atoms with Crippen molar-refractivity contribution in [2.24, 2.45) is 5.73 Å². The Morgan fingerprint density at radius 1 is 1.44 bits per heavy atom. The van der Waals surface area contributed by atoms with Crippen LogP contribution in [0, 0.1) is 12.0 Å².